The Bertz CT molecular complexity index is 341. The number of carbonyl (C=O) groups excluding carboxylic acids is 1. The Hall–Kier alpha value is -1.10. The molecule has 0 bridgehead atoms. The van der Waals surface area contributed by atoms with Crippen molar-refractivity contribution in [1.82, 2.24) is 4.90 Å². The minimum atomic E-state index is -0.762. The standard InChI is InChI=1S/C15H27NO4/c1-4-6-15(14(18)19)7-5-8-16(11-15)13(17)9-12(2)10-20-3/h12H,4-11H2,1-3H3,(H,18,19). The molecule has 5 nitrogen and oxygen atoms in total. The van der Waals surface area contributed by atoms with Crippen LogP contribution in [0.4, 0.5) is 0 Å². The van der Waals surface area contributed by atoms with Gasteiger partial charge in [-0.1, -0.05) is 20.3 Å². The summed E-state index contributed by atoms with van der Waals surface area (Å²) >= 11 is 0. The number of carboxylic acids is 1. The first-order valence-electron chi connectivity index (χ1n) is 7.45. The van der Waals surface area contributed by atoms with Gasteiger partial charge in [-0.15, -0.1) is 0 Å². The van der Waals surface area contributed by atoms with Crippen molar-refractivity contribution < 1.29 is 19.4 Å². The molecule has 1 fully saturated rings. The van der Waals surface area contributed by atoms with E-state index in [9.17, 15) is 14.7 Å². The predicted octanol–water partition coefficient (Wildman–Crippen LogP) is 2.15. The van der Waals surface area contributed by atoms with Crippen LogP contribution in [0.1, 0.15) is 46.0 Å². The van der Waals surface area contributed by atoms with Crippen molar-refractivity contribution in [1.29, 1.82) is 0 Å². The van der Waals surface area contributed by atoms with Crippen LogP contribution >= 0.6 is 0 Å². The molecule has 5 heteroatoms. The van der Waals surface area contributed by atoms with E-state index in [1.54, 1.807) is 12.0 Å². The summed E-state index contributed by atoms with van der Waals surface area (Å²) in [4.78, 5) is 25.6. The number of nitrogens with zero attached hydrogens (tertiary/aromatic N) is 1. The smallest absolute Gasteiger partial charge is 0.311 e. The van der Waals surface area contributed by atoms with Gasteiger partial charge in [0.05, 0.1) is 5.41 Å². The molecule has 0 radical (unpaired) electrons. The second-order valence-electron chi connectivity index (χ2n) is 6.02. The number of hydrogen-bond acceptors (Lipinski definition) is 3. The SMILES string of the molecule is CCCC1(C(=O)O)CCCN(C(=O)CC(C)COC)C1. The minimum absolute atomic E-state index is 0.0518. The molecule has 0 aromatic heterocycles. The van der Waals surface area contributed by atoms with Crippen molar-refractivity contribution in [2.45, 2.75) is 46.0 Å². The van der Waals surface area contributed by atoms with Crippen molar-refractivity contribution in [2.24, 2.45) is 11.3 Å². The average Bonchev–Trinajstić information content (AvgIpc) is 2.39. The number of aliphatic carboxylic acids is 1. The molecule has 0 saturated carbocycles. The van der Waals surface area contributed by atoms with Gasteiger partial charge in [0, 0.05) is 33.2 Å². The third-order valence-electron chi connectivity index (χ3n) is 4.09. The molecule has 1 aliphatic rings. The van der Waals surface area contributed by atoms with Gasteiger partial charge in [0.25, 0.3) is 0 Å². The molecule has 1 aliphatic heterocycles. The molecule has 2 unspecified atom stereocenters. The maximum absolute atomic E-state index is 12.3. The van der Waals surface area contributed by atoms with Gasteiger partial charge in [0.1, 0.15) is 0 Å². The fraction of sp³-hybridized carbons (Fsp3) is 0.867. The maximum Gasteiger partial charge on any atom is 0.311 e. The molecule has 1 saturated heterocycles. The maximum atomic E-state index is 12.3. The van der Waals surface area contributed by atoms with E-state index in [1.165, 1.54) is 0 Å². The van der Waals surface area contributed by atoms with Gasteiger partial charge >= 0.3 is 5.97 Å². The number of carbonyl (C=O) groups is 2. The highest BCUT2D eigenvalue weighted by atomic mass is 16.5. The number of carboxylic acid groups (broad SMARTS) is 1. The molecule has 0 spiro atoms. The molecule has 116 valence electrons. The summed E-state index contributed by atoms with van der Waals surface area (Å²) in [7, 11) is 1.62. The van der Waals surface area contributed by atoms with E-state index >= 15 is 0 Å². The molecule has 2 atom stereocenters. The Morgan fingerprint density at radius 2 is 2.15 bits per heavy atom. The lowest BCUT2D eigenvalue weighted by Crippen LogP contribution is -2.50. The topological polar surface area (TPSA) is 66.8 Å². The van der Waals surface area contributed by atoms with Crippen LogP contribution in [0.2, 0.25) is 0 Å². The molecule has 0 aromatic carbocycles. The van der Waals surface area contributed by atoms with E-state index < -0.39 is 11.4 Å². The van der Waals surface area contributed by atoms with Gasteiger partial charge in [0.15, 0.2) is 0 Å². The number of amides is 1. The van der Waals surface area contributed by atoms with Gasteiger partial charge in [0.2, 0.25) is 5.91 Å². The van der Waals surface area contributed by atoms with Crippen molar-refractivity contribution in [3.8, 4) is 0 Å². The zero-order valence-corrected chi connectivity index (χ0v) is 12.9. The highest BCUT2D eigenvalue weighted by Gasteiger charge is 2.42. The third kappa shape index (κ3) is 4.20. The second-order valence-corrected chi connectivity index (χ2v) is 6.02. The lowest BCUT2D eigenvalue weighted by atomic mass is 9.76. The van der Waals surface area contributed by atoms with E-state index in [-0.39, 0.29) is 11.8 Å². The normalized spacial score (nSPS) is 24.4. The van der Waals surface area contributed by atoms with E-state index in [1.807, 2.05) is 13.8 Å². The lowest BCUT2D eigenvalue weighted by molar-refractivity contribution is -0.155. The van der Waals surface area contributed by atoms with Crippen LogP contribution in [0.3, 0.4) is 0 Å². The average molecular weight is 285 g/mol. The first kappa shape index (κ1) is 17.0. The summed E-state index contributed by atoms with van der Waals surface area (Å²) in [5.74, 6) is -0.544. The minimum Gasteiger partial charge on any atom is -0.481 e. The molecule has 1 N–H and O–H groups in total. The monoisotopic (exact) mass is 285 g/mol. The van der Waals surface area contributed by atoms with Gasteiger partial charge < -0.3 is 14.7 Å². The summed E-state index contributed by atoms with van der Waals surface area (Å²) in [6, 6.07) is 0. The highest BCUT2D eigenvalue weighted by Crippen LogP contribution is 2.35. The molecular weight excluding hydrogens is 258 g/mol. The molecular formula is C15H27NO4. The summed E-state index contributed by atoms with van der Waals surface area (Å²) in [5, 5.41) is 9.53. The second kappa shape index (κ2) is 7.62. The molecule has 0 aromatic rings. The van der Waals surface area contributed by atoms with Crippen LogP contribution in [0.15, 0.2) is 0 Å². The van der Waals surface area contributed by atoms with Gasteiger partial charge in [-0.2, -0.15) is 0 Å². The fourth-order valence-corrected chi connectivity index (χ4v) is 3.08. The van der Waals surface area contributed by atoms with Crippen LogP contribution in [-0.4, -0.2) is 48.7 Å². The van der Waals surface area contributed by atoms with Crippen LogP contribution in [0, 0.1) is 11.3 Å². The summed E-state index contributed by atoms with van der Waals surface area (Å²) in [5.41, 5.74) is -0.743. The Morgan fingerprint density at radius 3 is 2.70 bits per heavy atom. The number of ether oxygens (including phenoxy) is 1. The van der Waals surface area contributed by atoms with Crippen molar-refractivity contribution in [2.75, 3.05) is 26.8 Å². The number of likely N-dealkylation sites (tertiary alicyclic amines) is 1. The largest absolute Gasteiger partial charge is 0.481 e. The van der Waals surface area contributed by atoms with Crippen molar-refractivity contribution in [3.63, 3.8) is 0 Å². The lowest BCUT2D eigenvalue weighted by Gasteiger charge is -2.40. The van der Waals surface area contributed by atoms with Gasteiger partial charge in [-0.3, -0.25) is 9.59 Å². The molecule has 1 amide bonds. The van der Waals surface area contributed by atoms with Crippen LogP contribution in [0.25, 0.3) is 0 Å². The first-order chi connectivity index (χ1) is 9.45. The number of rotatable bonds is 7. The summed E-state index contributed by atoms with van der Waals surface area (Å²) < 4.78 is 5.04. The van der Waals surface area contributed by atoms with E-state index in [0.29, 0.717) is 39.0 Å². The van der Waals surface area contributed by atoms with E-state index in [4.69, 9.17) is 4.74 Å². The molecule has 20 heavy (non-hydrogen) atoms. The molecule has 1 rings (SSSR count). The predicted molar refractivity (Wildman–Crippen MR) is 76.4 cm³/mol. The number of piperidine rings is 1. The van der Waals surface area contributed by atoms with Crippen LogP contribution < -0.4 is 0 Å². The fourth-order valence-electron chi connectivity index (χ4n) is 3.08. The Balaban J connectivity index is 2.67. The van der Waals surface area contributed by atoms with Crippen LogP contribution in [0.5, 0.6) is 0 Å². The van der Waals surface area contributed by atoms with E-state index in [0.717, 1.165) is 12.8 Å². The number of hydrogen-bond donors (Lipinski definition) is 1. The highest BCUT2D eigenvalue weighted by molar-refractivity contribution is 5.79. The Morgan fingerprint density at radius 1 is 1.45 bits per heavy atom. The summed E-state index contributed by atoms with van der Waals surface area (Å²) in [6.07, 6.45) is 3.34. The Kier molecular flexibility index (Phi) is 6.46. The quantitative estimate of drug-likeness (QED) is 0.778. The zero-order valence-electron chi connectivity index (χ0n) is 12.9. The summed E-state index contributed by atoms with van der Waals surface area (Å²) in [6.45, 7) is 5.55. The van der Waals surface area contributed by atoms with Gasteiger partial charge in [-0.05, 0) is 25.2 Å². The number of methoxy groups -OCH3 is 1. The van der Waals surface area contributed by atoms with Crippen molar-refractivity contribution in [3.05, 3.63) is 0 Å². The van der Waals surface area contributed by atoms with E-state index in [2.05, 4.69) is 0 Å². The molecule has 0 aliphatic carbocycles. The molecule has 1 heterocycles. The zero-order chi connectivity index (χ0) is 15.2. The van der Waals surface area contributed by atoms with Crippen LogP contribution in [-0.2, 0) is 14.3 Å². The van der Waals surface area contributed by atoms with Crippen molar-refractivity contribution >= 4 is 11.9 Å². The first-order valence-corrected chi connectivity index (χ1v) is 7.45. The Labute approximate surface area is 121 Å². The van der Waals surface area contributed by atoms with Gasteiger partial charge in [-0.25, -0.2) is 0 Å². The third-order valence-corrected chi connectivity index (χ3v) is 4.09.